The predicted octanol–water partition coefficient (Wildman–Crippen LogP) is 2.59. The van der Waals surface area contributed by atoms with Gasteiger partial charge in [-0.2, -0.15) is 0 Å². The van der Waals surface area contributed by atoms with E-state index in [1.54, 1.807) is 0 Å². The number of likely N-dealkylation sites (N-methyl/N-ethyl adjacent to an activating group) is 1. The molecule has 19 heavy (non-hydrogen) atoms. The number of likely N-dealkylation sites (tertiary alicyclic amines) is 1. The number of aliphatic hydroxyl groups excluding tert-OH is 1. The summed E-state index contributed by atoms with van der Waals surface area (Å²) in [6, 6.07) is 2.79. The molecule has 2 atom stereocenters. The van der Waals surface area contributed by atoms with Gasteiger partial charge in [-0.15, -0.1) is 0 Å². The van der Waals surface area contributed by atoms with Gasteiger partial charge in [0, 0.05) is 30.0 Å². The van der Waals surface area contributed by atoms with Crippen LogP contribution >= 0.6 is 0 Å². The van der Waals surface area contributed by atoms with Gasteiger partial charge in [0.25, 0.3) is 0 Å². The monoisotopic (exact) mass is 262 g/mol. The van der Waals surface area contributed by atoms with Crippen molar-refractivity contribution < 1.29 is 5.11 Å². The molecule has 0 radical (unpaired) electrons. The highest BCUT2D eigenvalue weighted by Gasteiger charge is 2.33. The number of aliphatic hydroxyl groups is 1. The van der Waals surface area contributed by atoms with Crippen LogP contribution in [0, 0.1) is 5.41 Å². The quantitative estimate of drug-likeness (QED) is 0.887. The second kappa shape index (κ2) is 4.64. The van der Waals surface area contributed by atoms with Crippen molar-refractivity contribution in [2.45, 2.75) is 58.2 Å². The lowest BCUT2D eigenvalue weighted by atomic mass is 9.75. The first-order valence-corrected chi connectivity index (χ1v) is 7.52. The van der Waals surface area contributed by atoms with Gasteiger partial charge in [-0.1, -0.05) is 13.8 Å². The molecule has 1 aromatic rings. The Morgan fingerprint density at radius 3 is 2.89 bits per heavy atom. The van der Waals surface area contributed by atoms with Gasteiger partial charge in [-0.25, -0.2) is 0 Å². The maximum atomic E-state index is 10.3. The van der Waals surface area contributed by atoms with Crippen LogP contribution in [0.4, 0.5) is 0 Å². The van der Waals surface area contributed by atoms with Crippen molar-refractivity contribution in [3.05, 3.63) is 23.5 Å². The number of hydrogen-bond acceptors (Lipinski definition) is 2. The summed E-state index contributed by atoms with van der Waals surface area (Å²) in [6.07, 6.45) is 6.49. The minimum Gasteiger partial charge on any atom is -0.388 e. The minimum absolute atomic E-state index is 0.212. The van der Waals surface area contributed by atoms with Crippen LogP contribution in [0.15, 0.2) is 12.3 Å². The third-order valence-electron chi connectivity index (χ3n) is 4.94. The van der Waals surface area contributed by atoms with Crippen molar-refractivity contribution in [1.29, 1.82) is 0 Å². The zero-order valence-electron chi connectivity index (χ0n) is 12.4. The largest absolute Gasteiger partial charge is 0.388 e. The molecule has 0 spiro atoms. The highest BCUT2D eigenvalue weighted by atomic mass is 16.3. The first-order chi connectivity index (χ1) is 8.96. The molecular formula is C16H26N2O. The molecule has 2 unspecified atom stereocenters. The number of hydrogen-bond donors (Lipinski definition) is 1. The summed E-state index contributed by atoms with van der Waals surface area (Å²) in [5, 5.41) is 10.3. The van der Waals surface area contributed by atoms with Crippen LogP contribution in [-0.4, -0.2) is 34.2 Å². The zero-order valence-corrected chi connectivity index (χ0v) is 12.4. The molecule has 0 saturated carbocycles. The fourth-order valence-corrected chi connectivity index (χ4v) is 3.80. The third-order valence-corrected chi connectivity index (χ3v) is 4.94. The topological polar surface area (TPSA) is 28.4 Å². The summed E-state index contributed by atoms with van der Waals surface area (Å²) in [4.78, 5) is 2.47. The number of rotatable bonds is 2. The molecule has 1 saturated heterocycles. The molecule has 2 heterocycles. The van der Waals surface area contributed by atoms with Crippen molar-refractivity contribution in [3.63, 3.8) is 0 Å². The molecule has 2 aliphatic rings. The summed E-state index contributed by atoms with van der Waals surface area (Å²) in [5.41, 5.74) is 2.74. The van der Waals surface area contributed by atoms with Gasteiger partial charge in [-0.05, 0) is 50.8 Å². The van der Waals surface area contributed by atoms with E-state index in [2.05, 4.69) is 42.6 Å². The second-order valence-corrected chi connectivity index (χ2v) is 7.21. The van der Waals surface area contributed by atoms with Gasteiger partial charge in [0.2, 0.25) is 0 Å². The molecule has 1 fully saturated rings. The Kier molecular flexibility index (Phi) is 3.22. The van der Waals surface area contributed by atoms with E-state index in [0.29, 0.717) is 6.04 Å². The van der Waals surface area contributed by atoms with Gasteiger partial charge in [0.15, 0.2) is 0 Å². The lowest BCUT2D eigenvalue weighted by molar-refractivity contribution is 0.0975. The molecule has 0 bridgehead atoms. The van der Waals surface area contributed by atoms with E-state index in [9.17, 15) is 5.11 Å². The smallest absolute Gasteiger partial charge is 0.0812 e. The standard InChI is InChI=1S/C16H26N2O/c1-16(2)9-14-13(15(19)10-16)6-8-18(14)11-12-5-4-7-17(12)3/h6,8,12,15,19H,4-5,7,9-11H2,1-3H3. The van der Waals surface area contributed by atoms with Crippen molar-refractivity contribution in [3.8, 4) is 0 Å². The van der Waals surface area contributed by atoms with Crippen molar-refractivity contribution >= 4 is 0 Å². The van der Waals surface area contributed by atoms with Crippen LogP contribution in [0.2, 0.25) is 0 Å². The molecule has 0 aromatic carbocycles. The third kappa shape index (κ3) is 2.46. The molecule has 1 aromatic heterocycles. The predicted molar refractivity (Wildman–Crippen MR) is 77.1 cm³/mol. The number of aromatic nitrogens is 1. The Balaban J connectivity index is 1.84. The van der Waals surface area contributed by atoms with E-state index in [4.69, 9.17) is 0 Å². The van der Waals surface area contributed by atoms with Crippen molar-refractivity contribution in [2.24, 2.45) is 5.41 Å². The summed E-state index contributed by atoms with van der Waals surface area (Å²) in [6.45, 7) is 6.83. The van der Waals surface area contributed by atoms with Gasteiger partial charge < -0.3 is 14.6 Å². The zero-order chi connectivity index (χ0) is 13.6. The molecule has 1 aliphatic heterocycles. The Hall–Kier alpha value is -0.800. The highest BCUT2D eigenvalue weighted by molar-refractivity contribution is 5.29. The molecular weight excluding hydrogens is 236 g/mol. The van der Waals surface area contributed by atoms with Crippen LogP contribution in [0.5, 0.6) is 0 Å². The van der Waals surface area contributed by atoms with Crippen LogP contribution < -0.4 is 0 Å². The Bertz CT molecular complexity index is 463. The van der Waals surface area contributed by atoms with Crippen LogP contribution in [0.3, 0.4) is 0 Å². The molecule has 3 rings (SSSR count). The lowest BCUT2D eigenvalue weighted by Gasteiger charge is -2.34. The second-order valence-electron chi connectivity index (χ2n) is 7.21. The molecule has 1 N–H and O–H groups in total. The number of nitrogens with zero attached hydrogens (tertiary/aromatic N) is 2. The summed E-state index contributed by atoms with van der Waals surface area (Å²) < 4.78 is 2.39. The lowest BCUT2D eigenvalue weighted by Crippen LogP contribution is -2.32. The Morgan fingerprint density at radius 2 is 2.21 bits per heavy atom. The molecule has 106 valence electrons. The average molecular weight is 262 g/mol. The molecule has 3 heteroatoms. The first kappa shape index (κ1) is 13.2. The summed E-state index contributed by atoms with van der Waals surface area (Å²) in [7, 11) is 2.23. The van der Waals surface area contributed by atoms with E-state index in [1.165, 1.54) is 30.6 Å². The maximum absolute atomic E-state index is 10.3. The van der Waals surface area contributed by atoms with Crippen molar-refractivity contribution in [2.75, 3.05) is 13.6 Å². The first-order valence-electron chi connectivity index (χ1n) is 7.52. The fourth-order valence-electron chi connectivity index (χ4n) is 3.80. The summed E-state index contributed by atoms with van der Waals surface area (Å²) in [5.74, 6) is 0. The van der Waals surface area contributed by atoms with E-state index >= 15 is 0 Å². The molecule has 3 nitrogen and oxygen atoms in total. The van der Waals surface area contributed by atoms with Crippen LogP contribution in [0.25, 0.3) is 0 Å². The maximum Gasteiger partial charge on any atom is 0.0812 e. The average Bonchev–Trinajstić information content (AvgIpc) is 2.87. The normalized spacial score (nSPS) is 30.5. The molecule has 1 aliphatic carbocycles. The van der Waals surface area contributed by atoms with E-state index < -0.39 is 0 Å². The summed E-state index contributed by atoms with van der Waals surface area (Å²) >= 11 is 0. The fraction of sp³-hybridized carbons (Fsp3) is 0.750. The van der Waals surface area contributed by atoms with E-state index in [0.717, 1.165) is 19.4 Å². The highest BCUT2D eigenvalue weighted by Crippen LogP contribution is 2.41. The van der Waals surface area contributed by atoms with E-state index in [-0.39, 0.29) is 11.5 Å². The van der Waals surface area contributed by atoms with Crippen molar-refractivity contribution in [1.82, 2.24) is 9.47 Å². The van der Waals surface area contributed by atoms with Crippen LogP contribution in [0.1, 0.15) is 50.5 Å². The van der Waals surface area contributed by atoms with E-state index in [1.807, 2.05) is 0 Å². The molecule has 0 amide bonds. The minimum atomic E-state index is -0.277. The number of fused-ring (bicyclic) bond motifs is 1. The Morgan fingerprint density at radius 1 is 1.42 bits per heavy atom. The van der Waals surface area contributed by atoms with Gasteiger partial charge >= 0.3 is 0 Å². The van der Waals surface area contributed by atoms with Crippen LogP contribution in [-0.2, 0) is 13.0 Å². The Labute approximate surface area is 116 Å². The van der Waals surface area contributed by atoms with Gasteiger partial charge in [0.05, 0.1) is 6.10 Å². The van der Waals surface area contributed by atoms with Gasteiger partial charge in [0.1, 0.15) is 0 Å². The van der Waals surface area contributed by atoms with Gasteiger partial charge in [-0.3, -0.25) is 0 Å². The SMILES string of the molecule is CN1CCCC1Cn1ccc2c1CC(C)(C)CC2O.